The van der Waals surface area contributed by atoms with Gasteiger partial charge in [-0.05, 0) is 55.0 Å². The van der Waals surface area contributed by atoms with E-state index >= 15 is 0 Å². The van der Waals surface area contributed by atoms with Gasteiger partial charge in [0.25, 0.3) is 5.91 Å². The Morgan fingerprint density at radius 3 is 2.23 bits per heavy atom. The Bertz CT molecular complexity index is 890. The summed E-state index contributed by atoms with van der Waals surface area (Å²) >= 11 is 23.3. The Balaban J connectivity index is 1.96. The number of halogens is 3. The Morgan fingerprint density at radius 2 is 1.65 bits per heavy atom. The van der Waals surface area contributed by atoms with E-state index in [2.05, 4.69) is 16.0 Å². The summed E-state index contributed by atoms with van der Waals surface area (Å²) in [5, 5.41) is 8.41. The summed E-state index contributed by atoms with van der Waals surface area (Å²) in [7, 11) is 0. The lowest BCUT2D eigenvalue weighted by Crippen LogP contribution is -2.56. The largest absolute Gasteiger partial charge is 0.462 e. The van der Waals surface area contributed by atoms with Crippen LogP contribution in [0.3, 0.4) is 0 Å². The summed E-state index contributed by atoms with van der Waals surface area (Å²) < 4.78 is 3.30. The number of carbonyl (C=O) groups is 2. The number of alkyl halides is 3. The first-order chi connectivity index (χ1) is 14.7. The highest BCUT2D eigenvalue weighted by molar-refractivity contribution is 7.80. The molecule has 0 spiro atoms. The fraction of sp³-hybridized carbons (Fsp3) is 0.286. The third-order valence-electron chi connectivity index (χ3n) is 4.02. The molecule has 0 unspecified atom stereocenters. The summed E-state index contributed by atoms with van der Waals surface area (Å²) in [6.45, 7) is 2.40. The molecule has 0 saturated heterocycles. The van der Waals surface area contributed by atoms with Gasteiger partial charge in [0.1, 0.15) is 6.17 Å². The van der Waals surface area contributed by atoms with Crippen molar-refractivity contribution >= 4 is 69.7 Å². The molecule has 0 aliphatic rings. The van der Waals surface area contributed by atoms with Crippen LogP contribution in [0.4, 0.5) is 5.69 Å². The predicted octanol–water partition coefficient (Wildman–Crippen LogP) is 5.06. The van der Waals surface area contributed by atoms with Gasteiger partial charge in [-0.2, -0.15) is 0 Å². The zero-order valence-electron chi connectivity index (χ0n) is 16.7. The van der Waals surface area contributed by atoms with E-state index in [4.69, 9.17) is 51.8 Å². The Kier molecular flexibility index (Phi) is 9.84. The van der Waals surface area contributed by atoms with E-state index in [1.807, 2.05) is 6.92 Å². The number of rotatable bonds is 8. The summed E-state index contributed by atoms with van der Waals surface area (Å²) in [5.74, 6) is -0.821. The van der Waals surface area contributed by atoms with Gasteiger partial charge in [-0.3, -0.25) is 4.79 Å². The smallest absolute Gasteiger partial charge is 0.338 e. The first kappa shape index (κ1) is 25.2. The molecule has 166 valence electrons. The van der Waals surface area contributed by atoms with E-state index in [1.54, 1.807) is 54.6 Å². The van der Waals surface area contributed by atoms with Crippen LogP contribution in [-0.4, -0.2) is 33.6 Å². The molecule has 1 atom stereocenters. The van der Waals surface area contributed by atoms with Gasteiger partial charge < -0.3 is 20.7 Å². The maximum Gasteiger partial charge on any atom is 0.338 e. The second kappa shape index (κ2) is 12.1. The van der Waals surface area contributed by atoms with Crippen LogP contribution in [0.1, 0.15) is 40.5 Å². The normalized spacial score (nSPS) is 11.9. The highest BCUT2D eigenvalue weighted by Gasteiger charge is 2.34. The maximum absolute atomic E-state index is 12.4. The molecule has 6 nitrogen and oxygen atoms in total. The molecule has 0 aromatic heterocycles. The van der Waals surface area contributed by atoms with Crippen LogP contribution in [0.25, 0.3) is 0 Å². The van der Waals surface area contributed by atoms with E-state index in [9.17, 15) is 9.59 Å². The molecule has 2 aromatic rings. The van der Waals surface area contributed by atoms with Crippen LogP contribution in [-0.2, 0) is 4.74 Å². The molecular formula is C21H22Cl3N3O3S. The van der Waals surface area contributed by atoms with Crippen LogP contribution >= 0.6 is 47.0 Å². The molecule has 0 heterocycles. The van der Waals surface area contributed by atoms with Crippen molar-refractivity contribution in [2.75, 3.05) is 11.9 Å². The molecule has 2 rings (SSSR count). The highest BCUT2D eigenvalue weighted by atomic mass is 35.6. The van der Waals surface area contributed by atoms with E-state index in [1.165, 1.54) is 0 Å². The second-order valence-corrected chi connectivity index (χ2v) is 9.26. The van der Waals surface area contributed by atoms with Gasteiger partial charge in [0.05, 0.1) is 12.2 Å². The number of unbranched alkanes of at least 4 members (excludes halogenated alkanes) is 1. The lowest BCUT2D eigenvalue weighted by Gasteiger charge is -2.27. The molecule has 0 saturated carbocycles. The quantitative estimate of drug-likeness (QED) is 0.154. The average Bonchev–Trinajstić information content (AvgIpc) is 2.73. The van der Waals surface area contributed by atoms with Crippen LogP contribution in [0, 0.1) is 0 Å². The van der Waals surface area contributed by atoms with Gasteiger partial charge in [-0.15, -0.1) is 0 Å². The monoisotopic (exact) mass is 501 g/mol. The topological polar surface area (TPSA) is 79.5 Å². The molecule has 0 aliphatic carbocycles. The molecule has 0 bridgehead atoms. The molecule has 0 aliphatic heterocycles. The zero-order chi connectivity index (χ0) is 22.9. The molecule has 0 radical (unpaired) electrons. The summed E-state index contributed by atoms with van der Waals surface area (Å²) in [6.07, 6.45) is 0.663. The zero-order valence-corrected chi connectivity index (χ0v) is 19.7. The van der Waals surface area contributed by atoms with E-state index in [0.29, 0.717) is 23.4 Å². The number of thiocarbonyl (C=S) groups is 1. The summed E-state index contributed by atoms with van der Waals surface area (Å²) in [4.78, 5) is 24.4. The number of amides is 1. The first-order valence-electron chi connectivity index (χ1n) is 9.48. The Morgan fingerprint density at radius 1 is 1.00 bits per heavy atom. The first-order valence-corrected chi connectivity index (χ1v) is 11.0. The number of nitrogens with one attached hydrogen (secondary N) is 3. The van der Waals surface area contributed by atoms with Crippen molar-refractivity contribution in [3.05, 3.63) is 65.7 Å². The minimum absolute atomic E-state index is 0.114. The van der Waals surface area contributed by atoms with Crippen molar-refractivity contribution in [3.63, 3.8) is 0 Å². The van der Waals surface area contributed by atoms with E-state index in [0.717, 1.165) is 12.8 Å². The molecule has 10 heteroatoms. The lowest BCUT2D eigenvalue weighted by molar-refractivity contribution is 0.0499. The third kappa shape index (κ3) is 8.53. The Labute approximate surface area is 201 Å². The van der Waals surface area contributed by atoms with Gasteiger partial charge in [0.2, 0.25) is 3.79 Å². The molecule has 0 fully saturated rings. The number of carbonyl (C=O) groups excluding carboxylic acids is 2. The molecule has 31 heavy (non-hydrogen) atoms. The van der Waals surface area contributed by atoms with Crippen molar-refractivity contribution < 1.29 is 14.3 Å². The van der Waals surface area contributed by atoms with Gasteiger partial charge >= 0.3 is 5.97 Å². The Hall–Kier alpha value is -2.06. The van der Waals surface area contributed by atoms with Gasteiger partial charge in [0.15, 0.2) is 5.11 Å². The van der Waals surface area contributed by atoms with Crippen LogP contribution in [0.15, 0.2) is 54.6 Å². The molecule has 1 amide bonds. The number of ether oxygens (including phenoxy) is 1. The number of hydrogen-bond acceptors (Lipinski definition) is 4. The van der Waals surface area contributed by atoms with Crippen molar-refractivity contribution in [2.45, 2.75) is 29.7 Å². The van der Waals surface area contributed by atoms with Gasteiger partial charge in [-0.25, -0.2) is 4.79 Å². The minimum Gasteiger partial charge on any atom is -0.462 e. The van der Waals surface area contributed by atoms with Crippen molar-refractivity contribution in [1.82, 2.24) is 10.6 Å². The fourth-order valence-electron chi connectivity index (χ4n) is 2.38. The SMILES string of the molecule is CCCCOC(=O)c1ccc(NC(=S)N[C@@H](NC(=O)c2ccccc2)C(Cl)(Cl)Cl)cc1. The third-order valence-corrected chi connectivity index (χ3v) is 4.90. The van der Waals surface area contributed by atoms with Crippen molar-refractivity contribution in [2.24, 2.45) is 0 Å². The predicted molar refractivity (Wildman–Crippen MR) is 129 cm³/mol. The minimum atomic E-state index is -1.87. The lowest BCUT2D eigenvalue weighted by atomic mass is 10.2. The average molecular weight is 503 g/mol. The molecule has 3 N–H and O–H groups in total. The van der Waals surface area contributed by atoms with Gasteiger partial charge in [0, 0.05) is 11.3 Å². The van der Waals surface area contributed by atoms with Crippen LogP contribution < -0.4 is 16.0 Å². The standard InChI is InChI=1S/C21H22Cl3N3O3S/c1-2-3-13-30-18(29)15-9-11-16(12-10-15)25-20(31)27-19(21(22,23)24)26-17(28)14-7-5-4-6-8-14/h4-12,19H,2-3,13H2,1H3,(H,26,28)(H2,25,27,31)/t19-/m1/s1. The van der Waals surface area contributed by atoms with Crippen LogP contribution in [0.2, 0.25) is 0 Å². The number of esters is 1. The summed E-state index contributed by atoms with van der Waals surface area (Å²) in [5.41, 5.74) is 1.43. The van der Waals surface area contributed by atoms with Crippen molar-refractivity contribution in [1.29, 1.82) is 0 Å². The summed E-state index contributed by atoms with van der Waals surface area (Å²) in [6, 6.07) is 15.1. The fourth-order valence-corrected chi connectivity index (χ4v) is 2.95. The van der Waals surface area contributed by atoms with Gasteiger partial charge in [-0.1, -0.05) is 66.3 Å². The highest BCUT2D eigenvalue weighted by Crippen LogP contribution is 2.29. The van der Waals surface area contributed by atoms with E-state index < -0.39 is 15.9 Å². The number of hydrogen-bond donors (Lipinski definition) is 3. The molecular weight excluding hydrogens is 481 g/mol. The van der Waals surface area contributed by atoms with E-state index in [-0.39, 0.29) is 11.1 Å². The maximum atomic E-state index is 12.4. The number of benzene rings is 2. The molecule has 2 aromatic carbocycles. The number of anilines is 1. The van der Waals surface area contributed by atoms with Crippen molar-refractivity contribution in [3.8, 4) is 0 Å². The van der Waals surface area contributed by atoms with Crippen LogP contribution in [0.5, 0.6) is 0 Å². The second-order valence-electron chi connectivity index (χ2n) is 6.48.